The maximum Gasteiger partial charge on any atom is 0.119 e. The second-order valence-corrected chi connectivity index (χ2v) is 5.93. The third kappa shape index (κ3) is 3.28. The molecule has 1 aromatic rings. The van der Waals surface area contributed by atoms with Crippen molar-refractivity contribution in [3.8, 4) is 5.75 Å². The largest absolute Gasteiger partial charge is 0.493 e. The predicted octanol–water partition coefficient (Wildman–Crippen LogP) is 2.57. The summed E-state index contributed by atoms with van der Waals surface area (Å²) in [7, 11) is 0. The van der Waals surface area contributed by atoms with E-state index in [2.05, 4.69) is 4.90 Å². The van der Waals surface area contributed by atoms with Crippen LogP contribution in [0.4, 0.5) is 0 Å². The molecular formula is C16H23NO2. The van der Waals surface area contributed by atoms with Gasteiger partial charge in [0, 0.05) is 6.54 Å². The molecule has 0 aliphatic carbocycles. The number of ether oxygens (including phenoxy) is 2. The van der Waals surface area contributed by atoms with Gasteiger partial charge in [-0.1, -0.05) is 24.6 Å². The van der Waals surface area contributed by atoms with Gasteiger partial charge in [0.2, 0.25) is 0 Å². The van der Waals surface area contributed by atoms with Gasteiger partial charge in [0.1, 0.15) is 5.75 Å². The van der Waals surface area contributed by atoms with Gasteiger partial charge in [0.15, 0.2) is 0 Å². The first-order valence-corrected chi connectivity index (χ1v) is 7.34. The maximum atomic E-state index is 5.95. The molecule has 3 heteroatoms. The number of hydrogen-bond donors (Lipinski definition) is 0. The zero-order valence-corrected chi connectivity index (χ0v) is 11.5. The van der Waals surface area contributed by atoms with E-state index in [0.29, 0.717) is 0 Å². The first-order chi connectivity index (χ1) is 9.36. The quantitative estimate of drug-likeness (QED) is 0.813. The highest BCUT2D eigenvalue weighted by molar-refractivity contribution is 5.21. The fourth-order valence-electron chi connectivity index (χ4n) is 2.96. The van der Waals surface area contributed by atoms with E-state index in [4.69, 9.17) is 9.47 Å². The maximum absolute atomic E-state index is 5.95. The van der Waals surface area contributed by atoms with Crippen LogP contribution in [0.2, 0.25) is 0 Å². The molecular weight excluding hydrogens is 238 g/mol. The average molecular weight is 261 g/mol. The van der Waals surface area contributed by atoms with Crippen LogP contribution in [0.1, 0.15) is 19.3 Å². The zero-order chi connectivity index (χ0) is 13.0. The van der Waals surface area contributed by atoms with E-state index in [1.807, 2.05) is 30.3 Å². The van der Waals surface area contributed by atoms with Crippen molar-refractivity contribution in [2.24, 2.45) is 5.41 Å². The third-order valence-corrected chi connectivity index (χ3v) is 4.11. The standard InChI is InChI=1S/C16H23NO2/c1-3-7-15(8-4-1)19-14-16(12-18-13-16)11-17-9-5-2-6-10-17/h1,3-4,7-8H,2,5-6,9-14H2. The average Bonchev–Trinajstić information content (AvgIpc) is 2.44. The lowest BCUT2D eigenvalue weighted by Crippen LogP contribution is -2.55. The summed E-state index contributed by atoms with van der Waals surface area (Å²) in [6.07, 6.45) is 4.08. The fraction of sp³-hybridized carbons (Fsp3) is 0.625. The molecule has 2 aliphatic heterocycles. The van der Waals surface area contributed by atoms with Gasteiger partial charge in [-0.3, -0.25) is 0 Å². The molecule has 0 saturated carbocycles. The van der Waals surface area contributed by atoms with E-state index >= 15 is 0 Å². The predicted molar refractivity (Wildman–Crippen MR) is 75.5 cm³/mol. The molecule has 0 amide bonds. The summed E-state index contributed by atoms with van der Waals surface area (Å²) in [5.74, 6) is 0.965. The number of piperidine rings is 1. The van der Waals surface area contributed by atoms with Crippen LogP contribution in [0.15, 0.2) is 30.3 Å². The molecule has 0 unspecified atom stereocenters. The van der Waals surface area contributed by atoms with Crippen LogP contribution in [0.5, 0.6) is 5.75 Å². The molecule has 2 fully saturated rings. The van der Waals surface area contributed by atoms with Crippen LogP contribution in [-0.2, 0) is 4.74 Å². The Kier molecular flexibility index (Phi) is 4.04. The second kappa shape index (κ2) is 5.93. The molecule has 1 aromatic carbocycles. The number of hydrogen-bond acceptors (Lipinski definition) is 3. The second-order valence-electron chi connectivity index (χ2n) is 5.93. The molecule has 0 N–H and O–H groups in total. The Labute approximate surface area is 115 Å². The van der Waals surface area contributed by atoms with E-state index in [-0.39, 0.29) is 5.41 Å². The SMILES string of the molecule is c1ccc(OCC2(CN3CCCCC3)COC2)cc1. The van der Waals surface area contributed by atoms with Crippen molar-refractivity contribution in [3.05, 3.63) is 30.3 Å². The number of nitrogens with zero attached hydrogens (tertiary/aromatic N) is 1. The number of para-hydroxylation sites is 1. The molecule has 2 saturated heterocycles. The lowest BCUT2D eigenvalue weighted by atomic mass is 9.85. The molecule has 0 atom stereocenters. The van der Waals surface area contributed by atoms with Crippen LogP contribution in [0.3, 0.4) is 0 Å². The van der Waals surface area contributed by atoms with Crippen LogP contribution < -0.4 is 4.74 Å². The molecule has 0 radical (unpaired) electrons. The Hall–Kier alpha value is -1.06. The van der Waals surface area contributed by atoms with Gasteiger partial charge in [0.25, 0.3) is 0 Å². The van der Waals surface area contributed by atoms with Gasteiger partial charge < -0.3 is 14.4 Å². The normalized spacial score (nSPS) is 22.7. The summed E-state index contributed by atoms with van der Waals surface area (Å²) in [6, 6.07) is 10.1. The minimum atomic E-state index is 0.215. The van der Waals surface area contributed by atoms with Gasteiger partial charge in [-0.05, 0) is 38.1 Å². The molecule has 0 spiro atoms. The first-order valence-electron chi connectivity index (χ1n) is 7.34. The third-order valence-electron chi connectivity index (χ3n) is 4.11. The molecule has 3 nitrogen and oxygen atoms in total. The van der Waals surface area contributed by atoms with Crippen molar-refractivity contribution in [2.75, 3.05) is 39.5 Å². The lowest BCUT2D eigenvalue weighted by molar-refractivity contribution is -0.145. The van der Waals surface area contributed by atoms with Crippen LogP contribution in [-0.4, -0.2) is 44.4 Å². The minimum Gasteiger partial charge on any atom is -0.493 e. The van der Waals surface area contributed by atoms with Gasteiger partial charge in [0.05, 0.1) is 25.2 Å². The summed E-state index contributed by atoms with van der Waals surface area (Å²) in [4.78, 5) is 2.58. The zero-order valence-electron chi connectivity index (χ0n) is 11.5. The van der Waals surface area contributed by atoms with Crippen LogP contribution in [0.25, 0.3) is 0 Å². The molecule has 19 heavy (non-hydrogen) atoms. The Balaban J connectivity index is 1.54. The van der Waals surface area contributed by atoms with Crippen molar-refractivity contribution >= 4 is 0 Å². The Morgan fingerprint density at radius 1 is 1.05 bits per heavy atom. The van der Waals surface area contributed by atoms with Crippen molar-refractivity contribution in [1.29, 1.82) is 0 Å². The van der Waals surface area contributed by atoms with Gasteiger partial charge in [-0.2, -0.15) is 0 Å². The van der Waals surface area contributed by atoms with E-state index in [0.717, 1.165) is 32.1 Å². The van der Waals surface area contributed by atoms with Gasteiger partial charge in [-0.25, -0.2) is 0 Å². The van der Waals surface area contributed by atoms with Crippen molar-refractivity contribution in [2.45, 2.75) is 19.3 Å². The van der Waals surface area contributed by atoms with E-state index in [1.54, 1.807) is 0 Å². The molecule has 104 valence electrons. The first kappa shape index (κ1) is 12.9. The molecule has 0 aromatic heterocycles. The Bertz CT molecular complexity index is 383. The fourth-order valence-corrected chi connectivity index (χ4v) is 2.96. The highest BCUT2D eigenvalue weighted by atomic mass is 16.5. The van der Waals surface area contributed by atoms with Gasteiger partial charge in [-0.15, -0.1) is 0 Å². The van der Waals surface area contributed by atoms with Crippen molar-refractivity contribution in [1.82, 2.24) is 4.90 Å². The van der Waals surface area contributed by atoms with Crippen LogP contribution >= 0.6 is 0 Å². The van der Waals surface area contributed by atoms with E-state index in [9.17, 15) is 0 Å². The number of rotatable bonds is 5. The van der Waals surface area contributed by atoms with E-state index in [1.165, 1.54) is 32.4 Å². The molecule has 3 rings (SSSR count). The summed E-state index contributed by atoms with van der Waals surface area (Å²) in [5.41, 5.74) is 0.215. The lowest BCUT2D eigenvalue weighted by Gasteiger charge is -2.45. The monoisotopic (exact) mass is 261 g/mol. The summed E-state index contributed by atoms with van der Waals surface area (Å²) in [5, 5.41) is 0. The van der Waals surface area contributed by atoms with Crippen LogP contribution in [0, 0.1) is 5.41 Å². The highest BCUT2D eigenvalue weighted by Crippen LogP contribution is 2.30. The summed E-state index contributed by atoms with van der Waals surface area (Å²) >= 11 is 0. The summed E-state index contributed by atoms with van der Waals surface area (Å²) in [6.45, 7) is 6.07. The molecule has 2 heterocycles. The van der Waals surface area contributed by atoms with E-state index < -0.39 is 0 Å². The Morgan fingerprint density at radius 3 is 2.42 bits per heavy atom. The highest BCUT2D eigenvalue weighted by Gasteiger charge is 2.41. The number of benzene rings is 1. The van der Waals surface area contributed by atoms with Crippen molar-refractivity contribution < 1.29 is 9.47 Å². The molecule has 0 bridgehead atoms. The molecule has 2 aliphatic rings. The van der Waals surface area contributed by atoms with Crippen molar-refractivity contribution in [3.63, 3.8) is 0 Å². The smallest absolute Gasteiger partial charge is 0.119 e. The van der Waals surface area contributed by atoms with Gasteiger partial charge >= 0.3 is 0 Å². The number of likely N-dealkylation sites (tertiary alicyclic amines) is 1. The topological polar surface area (TPSA) is 21.7 Å². The Morgan fingerprint density at radius 2 is 1.79 bits per heavy atom. The summed E-state index contributed by atoms with van der Waals surface area (Å²) < 4.78 is 11.4. The minimum absolute atomic E-state index is 0.215.